The predicted molar refractivity (Wildman–Crippen MR) is 79.1 cm³/mol. The van der Waals surface area contributed by atoms with Crippen LogP contribution in [-0.4, -0.2) is 53.8 Å². The van der Waals surface area contributed by atoms with E-state index in [1.807, 2.05) is 0 Å². The van der Waals surface area contributed by atoms with Gasteiger partial charge in [-0.05, 0) is 34.6 Å². The van der Waals surface area contributed by atoms with Crippen molar-refractivity contribution in [3.05, 3.63) is 0 Å². The number of carbonyl (C=O) groups excluding carboxylic acids is 3. The molecule has 1 unspecified atom stereocenters. The van der Waals surface area contributed by atoms with E-state index in [1.54, 1.807) is 34.6 Å². The molecule has 24 heavy (non-hydrogen) atoms. The Morgan fingerprint density at radius 2 is 1.67 bits per heavy atom. The highest BCUT2D eigenvalue weighted by Crippen LogP contribution is 2.08. The molecule has 0 heterocycles. The summed E-state index contributed by atoms with van der Waals surface area (Å²) >= 11 is 0. The Kier molecular flexibility index (Phi) is 8.58. The molecule has 2 N–H and O–H groups in total. The van der Waals surface area contributed by atoms with Crippen molar-refractivity contribution in [2.75, 3.05) is 6.79 Å². The quantitative estimate of drug-likeness (QED) is 0.397. The molecule has 0 saturated carbocycles. The number of amides is 1. The average Bonchev–Trinajstić information content (AvgIpc) is 2.33. The van der Waals surface area contributed by atoms with E-state index in [0.717, 1.165) is 0 Å². The van der Waals surface area contributed by atoms with Crippen molar-refractivity contribution < 1.29 is 43.2 Å². The van der Waals surface area contributed by atoms with E-state index < -0.39 is 55.1 Å². The maximum Gasteiger partial charge on any atom is 0.511 e. The molecule has 0 aliphatic rings. The number of carboxylic acid groups (broad SMARTS) is 1. The van der Waals surface area contributed by atoms with Crippen LogP contribution < -0.4 is 5.32 Å². The number of ether oxygens (including phenoxy) is 4. The Balaban J connectivity index is 4.53. The first kappa shape index (κ1) is 21.5. The molecule has 0 radical (unpaired) electrons. The highest BCUT2D eigenvalue weighted by atomic mass is 16.8. The van der Waals surface area contributed by atoms with Crippen molar-refractivity contribution in [2.45, 2.75) is 58.8 Å². The highest BCUT2D eigenvalue weighted by Gasteiger charge is 2.28. The van der Waals surface area contributed by atoms with Gasteiger partial charge >= 0.3 is 24.2 Å². The SMILES string of the molecule is CC(C)OC(=O)OCOC(=O)C(CC(=O)O)NC(=O)OC(C)(C)C. The number of alkyl carbamates (subject to hydrolysis) is 1. The number of nitrogens with one attached hydrogen (secondary N) is 1. The van der Waals surface area contributed by atoms with Crippen LogP contribution in [0.15, 0.2) is 0 Å². The zero-order valence-corrected chi connectivity index (χ0v) is 14.3. The van der Waals surface area contributed by atoms with Crippen molar-refractivity contribution in [1.82, 2.24) is 5.32 Å². The topological polar surface area (TPSA) is 137 Å². The Hall–Kier alpha value is -2.52. The van der Waals surface area contributed by atoms with Gasteiger partial charge in [0.2, 0.25) is 6.79 Å². The number of aliphatic carboxylic acids is 1. The van der Waals surface area contributed by atoms with Crippen LogP contribution in [-0.2, 0) is 28.5 Å². The van der Waals surface area contributed by atoms with Crippen LogP contribution in [0.25, 0.3) is 0 Å². The van der Waals surface area contributed by atoms with E-state index >= 15 is 0 Å². The Morgan fingerprint density at radius 3 is 2.12 bits per heavy atom. The number of carboxylic acids is 1. The van der Waals surface area contributed by atoms with Crippen molar-refractivity contribution in [3.63, 3.8) is 0 Å². The molecule has 0 rings (SSSR count). The summed E-state index contributed by atoms with van der Waals surface area (Å²) in [6, 6.07) is -1.50. The smallest absolute Gasteiger partial charge is 0.481 e. The van der Waals surface area contributed by atoms with Crippen molar-refractivity contribution in [2.24, 2.45) is 0 Å². The summed E-state index contributed by atoms with van der Waals surface area (Å²) in [6.45, 7) is 7.22. The molecule has 0 spiro atoms. The Labute approximate surface area is 139 Å². The molecule has 0 fully saturated rings. The second-order valence-electron chi connectivity index (χ2n) is 5.94. The fourth-order valence-electron chi connectivity index (χ4n) is 1.28. The third kappa shape index (κ3) is 11.1. The molecule has 0 aromatic rings. The lowest BCUT2D eigenvalue weighted by molar-refractivity contribution is -0.158. The summed E-state index contributed by atoms with van der Waals surface area (Å²) in [5.41, 5.74) is -0.828. The highest BCUT2D eigenvalue weighted by molar-refractivity contribution is 5.85. The van der Waals surface area contributed by atoms with E-state index in [9.17, 15) is 19.2 Å². The molecular weight excluding hydrogens is 326 g/mol. The fraction of sp³-hybridized carbons (Fsp3) is 0.714. The Bertz CT molecular complexity index is 467. The molecule has 0 aliphatic heterocycles. The lowest BCUT2D eigenvalue weighted by Gasteiger charge is -2.22. The summed E-state index contributed by atoms with van der Waals surface area (Å²) in [6.07, 6.45) is -3.17. The van der Waals surface area contributed by atoms with Crippen LogP contribution in [0, 0.1) is 0 Å². The minimum absolute atomic E-state index is 0.415. The molecule has 0 saturated heterocycles. The molecular formula is C14H23NO9. The standard InChI is InChI=1S/C14H23NO9/c1-8(2)23-13(20)22-7-21-11(18)9(6-10(16)17)15-12(19)24-14(3,4)5/h8-9H,6-7H2,1-5H3,(H,15,19)(H,16,17). The third-order valence-corrected chi connectivity index (χ3v) is 2.06. The van der Waals surface area contributed by atoms with Crippen LogP contribution in [0.2, 0.25) is 0 Å². The van der Waals surface area contributed by atoms with Gasteiger partial charge in [-0.15, -0.1) is 0 Å². The monoisotopic (exact) mass is 349 g/mol. The van der Waals surface area contributed by atoms with E-state index in [2.05, 4.69) is 19.5 Å². The first-order chi connectivity index (χ1) is 10.9. The largest absolute Gasteiger partial charge is 0.511 e. The summed E-state index contributed by atoms with van der Waals surface area (Å²) in [7, 11) is 0. The van der Waals surface area contributed by atoms with Crippen molar-refractivity contribution in [1.29, 1.82) is 0 Å². The van der Waals surface area contributed by atoms with Crippen LogP contribution in [0.3, 0.4) is 0 Å². The molecule has 138 valence electrons. The van der Waals surface area contributed by atoms with E-state index in [4.69, 9.17) is 9.84 Å². The van der Waals surface area contributed by atoms with Gasteiger partial charge in [0.05, 0.1) is 12.5 Å². The number of rotatable bonds is 7. The summed E-state index contributed by atoms with van der Waals surface area (Å²) in [5, 5.41) is 10.9. The molecule has 0 aromatic heterocycles. The number of esters is 1. The van der Waals surface area contributed by atoms with Gasteiger partial charge in [0.15, 0.2) is 0 Å². The predicted octanol–water partition coefficient (Wildman–Crippen LogP) is 1.42. The van der Waals surface area contributed by atoms with E-state index in [-0.39, 0.29) is 0 Å². The van der Waals surface area contributed by atoms with Crippen LogP contribution in [0.4, 0.5) is 9.59 Å². The zero-order valence-electron chi connectivity index (χ0n) is 14.3. The van der Waals surface area contributed by atoms with Crippen LogP contribution >= 0.6 is 0 Å². The maximum atomic E-state index is 11.8. The van der Waals surface area contributed by atoms with Gasteiger partial charge in [-0.1, -0.05) is 0 Å². The summed E-state index contributed by atoms with van der Waals surface area (Å²) < 4.78 is 18.6. The first-order valence-corrected chi connectivity index (χ1v) is 7.12. The van der Waals surface area contributed by atoms with E-state index in [1.165, 1.54) is 0 Å². The van der Waals surface area contributed by atoms with Crippen molar-refractivity contribution >= 4 is 24.2 Å². The number of hydrogen-bond acceptors (Lipinski definition) is 8. The van der Waals surface area contributed by atoms with Gasteiger partial charge in [0.1, 0.15) is 11.6 Å². The van der Waals surface area contributed by atoms with Gasteiger partial charge in [0.25, 0.3) is 0 Å². The van der Waals surface area contributed by atoms with Gasteiger partial charge < -0.3 is 29.4 Å². The van der Waals surface area contributed by atoms with E-state index in [0.29, 0.717) is 0 Å². The molecule has 0 aromatic carbocycles. The zero-order chi connectivity index (χ0) is 18.9. The second-order valence-corrected chi connectivity index (χ2v) is 5.94. The normalized spacial score (nSPS) is 12.1. The molecule has 1 amide bonds. The maximum absolute atomic E-state index is 11.8. The van der Waals surface area contributed by atoms with Gasteiger partial charge in [0, 0.05) is 0 Å². The molecule has 1 atom stereocenters. The second kappa shape index (κ2) is 9.58. The number of carbonyl (C=O) groups is 4. The molecule has 0 bridgehead atoms. The van der Waals surface area contributed by atoms with Crippen LogP contribution in [0.1, 0.15) is 41.0 Å². The van der Waals surface area contributed by atoms with Gasteiger partial charge in [-0.3, -0.25) is 4.79 Å². The minimum atomic E-state index is -1.50. The summed E-state index contributed by atoms with van der Waals surface area (Å²) in [4.78, 5) is 45.3. The Morgan fingerprint density at radius 1 is 1.08 bits per heavy atom. The average molecular weight is 349 g/mol. The van der Waals surface area contributed by atoms with Crippen molar-refractivity contribution in [3.8, 4) is 0 Å². The molecule has 10 nitrogen and oxygen atoms in total. The van der Waals surface area contributed by atoms with Crippen LogP contribution in [0.5, 0.6) is 0 Å². The molecule has 0 aliphatic carbocycles. The molecule has 10 heteroatoms. The van der Waals surface area contributed by atoms with Gasteiger partial charge in [-0.25, -0.2) is 14.4 Å². The minimum Gasteiger partial charge on any atom is -0.481 e. The lowest BCUT2D eigenvalue weighted by atomic mass is 10.2. The number of hydrogen-bond donors (Lipinski definition) is 2. The fourth-order valence-corrected chi connectivity index (χ4v) is 1.28. The first-order valence-electron chi connectivity index (χ1n) is 7.12. The lowest BCUT2D eigenvalue weighted by Crippen LogP contribution is -2.45. The third-order valence-electron chi connectivity index (χ3n) is 2.06. The summed E-state index contributed by atoms with van der Waals surface area (Å²) in [5.74, 6) is -2.44. The van der Waals surface area contributed by atoms with Gasteiger partial charge in [-0.2, -0.15) is 0 Å².